The normalized spacial score (nSPS) is 10.2. The third kappa shape index (κ3) is 4.84. The van der Waals surface area contributed by atoms with Crippen molar-refractivity contribution in [3.63, 3.8) is 0 Å². The van der Waals surface area contributed by atoms with E-state index in [1.807, 2.05) is 12.1 Å². The summed E-state index contributed by atoms with van der Waals surface area (Å²) >= 11 is 11.0. The van der Waals surface area contributed by atoms with Crippen molar-refractivity contribution >= 4 is 40.4 Å². The van der Waals surface area contributed by atoms with Gasteiger partial charge in [-0.2, -0.15) is 5.10 Å². The van der Waals surface area contributed by atoms with Gasteiger partial charge in [0.25, 0.3) is 0 Å². The standard InChI is InChI=1S/C14H15ClN4OS/c1-10(20)11-2-4-13(5-3-11)18-14(21)16-6-7-19-9-12(15)8-17-19/h2-5,8-9H,6-7H2,1H3,(H2,16,18,21). The molecule has 0 atom stereocenters. The molecule has 0 spiro atoms. The molecule has 2 rings (SSSR count). The fourth-order valence-corrected chi connectivity index (χ4v) is 2.08. The van der Waals surface area contributed by atoms with Crippen molar-refractivity contribution < 1.29 is 4.79 Å². The maximum absolute atomic E-state index is 11.2. The van der Waals surface area contributed by atoms with Crippen LogP contribution in [0.25, 0.3) is 0 Å². The molecule has 0 aliphatic carbocycles. The van der Waals surface area contributed by atoms with Crippen molar-refractivity contribution in [2.45, 2.75) is 13.5 Å². The van der Waals surface area contributed by atoms with E-state index in [-0.39, 0.29) is 5.78 Å². The summed E-state index contributed by atoms with van der Waals surface area (Å²) < 4.78 is 1.74. The average Bonchev–Trinajstić information content (AvgIpc) is 2.85. The summed E-state index contributed by atoms with van der Waals surface area (Å²) in [7, 11) is 0. The Hall–Kier alpha value is -1.92. The highest BCUT2D eigenvalue weighted by Gasteiger charge is 2.01. The molecule has 21 heavy (non-hydrogen) atoms. The fraction of sp³-hybridized carbons (Fsp3) is 0.214. The van der Waals surface area contributed by atoms with Crippen LogP contribution in [0.4, 0.5) is 5.69 Å². The first kappa shape index (κ1) is 15.5. The summed E-state index contributed by atoms with van der Waals surface area (Å²) in [4.78, 5) is 11.2. The Morgan fingerprint density at radius 1 is 1.38 bits per heavy atom. The number of nitrogens with one attached hydrogen (secondary N) is 2. The second-order valence-electron chi connectivity index (χ2n) is 4.44. The number of halogens is 1. The molecule has 0 fully saturated rings. The topological polar surface area (TPSA) is 59.0 Å². The van der Waals surface area contributed by atoms with Crippen LogP contribution in [-0.2, 0) is 6.54 Å². The SMILES string of the molecule is CC(=O)c1ccc(NC(=S)NCCn2cc(Cl)cn2)cc1. The molecule has 7 heteroatoms. The maximum Gasteiger partial charge on any atom is 0.170 e. The predicted molar refractivity (Wildman–Crippen MR) is 87.9 cm³/mol. The lowest BCUT2D eigenvalue weighted by molar-refractivity contribution is 0.101. The highest BCUT2D eigenvalue weighted by atomic mass is 35.5. The molecule has 2 N–H and O–H groups in total. The van der Waals surface area contributed by atoms with Gasteiger partial charge >= 0.3 is 0 Å². The van der Waals surface area contributed by atoms with Crippen LogP contribution in [0.3, 0.4) is 0 Å². The quantitative estimate of drug-likeness (QED) is 0.655. The van der Waals surface area contributed by atoms with Crippen LogP contribution in [0, 0.1) is 0 Å². The van der Waals surface area contributed by atoms with Crippen molar-refractivity contribution in [3.8, 4) is 0 Å². The monoisotopic (exact) mass is 322 g/mol. The molecule has 1 heterocycles. The van der Waals surface area contributed by atoms with Crippen LogP contribution in [0.2, 0.25) is 5.02 Å². The van der Waals surface area contributed by atoms with Gasteiger partial charge in [-0.25, -0.2) is 0 Å². The number of hydrogen-bond donors (Lipinski definition) is 2. The molecule has 5 nitrogen and oxygen atoms in total. The first-order valence-corrected chi connectivity index (χ1v) is 7.17. The Morgan fingerprint density at radius 2 is 2.10 bits per heavy atom. The van der Waals surface area contributed by atoms with Crippen LogP contribution in [0.15, 0.2) is 36.7 Å². The van der Waals surface area contributed by atoms with E-state index < -0.39 is 0 Å². The summed E-state index contributed by atoms with van der Waals surface area (Å²) in [5, 5.41) is 11.3. The zero-order chi connectivity index (χ0) is 15.2. The van der Waals surface area contributed by atoms with Gasteiger partial charge in [-0.15, -0.1) is 0 Å². The Morgan fingerprint density at radius 3 is 2.67 bits per heavy atom. The van der Waals surface area contributed by atoms with Gasteiger partial charge in [0, 0.05) is 24.0 Å². The summed E-state index contributed by atoms with van der Waals surface area (Å²) in [5.41, 5.74) is 1.51. The molecule has 1 aromatic carbocycles. The number of hydrogen-bond acceptors (Lipinski definition) is 3. The fourth-order valence-electron chi connectivity index (χ4n) is 1.71. The lowest BCUT2D eigenvalue weighted by atomic mass is 10.1. The number of thiocarbonyl (C=S) groups is 1. The third-order valence-electron chi connectivity index (χ3n) is 2.78. The third-order valence-corrected chi connectivity index (χ3v) is 3.22. The van der Waals surface area contributed by atoms with Crippen molar-refractivity contribution in [1.29, 1.82) is 0 Å². The van der Waals surface area contributed by atoms with Gasteiger partial charge < -0.3 is 10.6 Å². The zero-order valence-electron chi connectivity index (χ0n) is 11.5. The van der Waals surface area contributed by atoms with Crippen molar-refractivity contribution in [1.82, 2.24) is 15.1 Å². The van der Waals surface area contributed by atoms with Crippen LogP contribution in [0.5, 0.6) is 0 Å². The number of Topliss-reactive ketones (excluding diaryl/α,β-unsaturated/α-hetero) is 1. The van der Waals surface area contributed by atoms with E-state index in [2.05, 4.69) is 15.7 Å². The molecule has 0 saturated heterocycles. The van der Waals surface area contributed by atoms with E-state index in [9.17, 15) is 4.79 Å². The van der Waals surface area contributed by atoms with Crippen LogP contribution >= 0.6 is 23.8 Å². The molecule has 110 valence electrons. The van der Waals surface area contributed by atoms with Gasteiger partial charge in [0.1, 0.15) is 0 Å². The van der Waals surface area contributed by atoms with Gasteiger partial charge in [0.2, 0.25) is 0 Å². The van der Waals surface area contributed by atoms with E-state index in [1.165, 1.54) is 6.92 Å². The molecule has 0 aliphatic rings. The van der Waals surface area contributed by atoms with Crippen LogP contribution in [0.1, 0.15) is 17.3 Å². The maximum atomic E-state index is 11.2. The van der Waals surface area contributed by atoms with Gasteiger partial charge in [0.05, 0.1) is 17.8 Å². The Kier molecular flexibility index (Phi) is 5.30. The second kappa shape index (κ2) is 7.19. The van der Waals surface area contributed by atoms with Crippen molar-refractivity contribution in [2.75, 3.05) is 11.9 Å². The molecule has 0 bridgehead atoms. The Bertz CT molecular complexity index is 639. The number of rotatable bonds is 5. The van der Waals surface area contributed by atoms with Gasteiger partial charge in [0.15, 0.2) is 10.9 Å². The lowest BCUT2D eigenvalue weighted by Crippen LogP contribution is -2.31. The summed E-state index contributed by atoms with van der Waals surface area (Å²) in [6.45, 7) is 2.84. The molecule has 0 saturated carbocycles. The number of aromatic nitrogens is 2. The minimum Gasteiger partial charge on any atom is -0.361 e. The molecular weight excluding hydrogens is 308 g/mol. The number of carbonyl (C=O) groups excluding carboxylic acids is 1. The van der Waals surface area contributed by atoms with Gasteiger partial charge in [-0.3, -0.25) is 9.48 Å². The lowest BCUT2D eigenvalue weighted by Gasteiger charge is -2.10. The average molecular weight is 323 g/mol. The van der Waals surface area contributed by atoms with E-state index in [4.69, 9.17) is 23.8 Å². The summed E-state index contributed by atoms with van der Waals surface area (Å²) in [5.74, 6) is 0.0418. The number of carbonyl (C=O) groups is 1. The number of nitrogens with zero attached hydrogens (tertiary/aromatic N) is 2. The molecule has 0 aliphatic heterocycles. The first-order valence-electron chi connectivity index (χ1n) is 6.38. The molecule has 0 unspecified atom stereocenters. The van der Waals surface area contributed by atoms with E-state index in [0.29, 0.717) is 28.8 Å². The first-order chi connectivity index (χ1) is 10.0. The minimum absolute atomic E-state index is 0.0418. The molecule has 0 amide bonds. The number of anilines is 1. The van der Waals surface area contributed by atoms with Crippen molar-refractivity contribution in [3.05, 3.63) is 47.2 Å². The van der Waals surface area contributed by atoms with Crippen LogP contribution in [-0.4, -0.2) is 27.2 Å². The second-order valence-corrected chi connectivity index (χ2v) is 5.28. The molecule has 1 aromatic heterocycles. The van der Waals surface area contributed by atoms with Crippen molar-refractivity contribution in [2.24, 2.45) is 0 Å². The van der Waals surface area contributed by atoms with E-state index >= 15 is 0 Å². The molecular formula is C14H15ClN4OS. The predicted octanol–water partition coefficient (Wildman–Crippen LogP) is 2.73. The number of benzene rings is 1. The number of ketones is 1. The largest absolute Gasteiger partial charge is 0.361 e. The van der Waals surface area contributed by atoms with E-state index in [0.717, 1.165) is 5.69 Å². The van der Waals surface area contributed by atoms with Crippen LogP contribution < -0.4 is 10.6 Å². The Labute approximate surface area is 133 Å². The highest BCUT2D eigenvalue weighted by molar-refractivity contribution is 7.80. The molecule has 2 aromatic rings. The highest BCUT2D eigenvalue weighted by Crippen LogP contribution is 2.09. The van der Waals surface area contributed by atoms with Gasteiger partial charge in [-0.1, -0.05) is 11.6 Å². The molecule has 0 radical (unpaired) electrons. The zero-order valence-corrected chi connectivity index (χ0v) is 13.0. The van der Waals surface area contributed by atoms with E-state index in [1.54, 1.807) is 29.2 Å². The summed E-state index contributed by atoms with van der Waals surface area (Å²) in [6, 6.07) is 7.16. The van der Waals surface area contributed by atoms with Gasteiger partial charge in [-0.05, 0) is 43.4 Å². The minimum atomic E-state index is 0.0418. The smallest absolute Gasteiger partial charge is 0.170 e. The summed E-state index contributed by atoms with van der Waals surface area (Å²) in [6.07, 6.45) is 3.34. The Balaban J connectivity index is 1.77.